The van der Waals surface area contributed by atoms with Crippen LogP contribution in [0.4, 0.5) is 10.5 Å². The molecule has 1 unspecified atom stereocenters. The number of phenolic OH excluding ortho intramolecular Hbond substituents is 1. The number of hydrogen-bond donors (Lipinski definition) is 3. The smallest absolute Gasteiger partial charge is 0.319 e. The molecule has 1 aliphatic heterocycles. The van der Waals surface area contributed by atoms with Gasteiger partial charge in [-0.25, -0.2) is 4.79 Å². The van der Waals surface area contributed by atoms with Gasteiger partial charge in [-0.05, 0) is 43.2 Å². The molecule has 0 aliphatic carbocycles. The molecule has 1 aliphatic rings. The van der Waals surface area contributed by atoms with Crippen molar-refractivity contribution >= 4 is 11.7 Å². The molecule has 5 heteroatoms. The lowest BCUT2D eigenvalue weighted by molar-refractivity contribution is 0.236. The maximum Gasteiger partial charge on any atom is 0.319 e. The van der Waals surface area contributed by atoms with Gasteiger partial charge in [-0.2, -0.15) is 0 Å². The van der Waals surface area contributed by atoms with Gasteiger partial charge in [-0.3, -0.25) is 4.90 Å². The Balaban J connectivity index is 1.53. The first-order valence-corrected chi connectivity index (χ1v) is 8.17. The molecular weight excluding hydrogens is 302 g/mol. The predicted octanol–water partition coefficient (Wildman–Crippen LogP) is 3.18. The van der Waals surface area contributed by atoms with Gasteiger partial charge in [0.2, 0.25) is 0 Å². The highest BCUT2D eigenvalue weighted by Crippen LogP contribution is 2.23. The van der Waals surface area contributed by atoms with Gasteiger partial charge < -0.3 is 15.7 Å². The molecule has 0 aromatic heterocycles. The lowest BCUT2D eigenvalue weighted by Crippen LogP contribution is -2.49. The molecule has 2 amide bonds. The summed E-state index contributed by atoms with van der Waals surface area (Å²) >= 11 is 0. The number of carbonyl (C=O) groups is 1. The van der Waals surface area contributed by atoms with E-state index in [-0.39, 0.29) is 17.3 Å². The van der Waals surface area contributed by atoms with Crippen LogP contribution in [-0.4, -0.2) is 34.7 Å². The fourth-order valence-electron chi connectivity index (χ4n) is 3.12. The Morgan fingerprint density at radius 1 is 1.17 bits per heavy atom. The lowest BCUT2D eigenvalue weighted by atomic mass is 10.0. The van der Waals surface area contributed by atoms with Crippen LogP contribution in [0.5, 0.6) is 5.75 Å². The van der Waals surface area contributed by atoms with Crippen molar-refractivity contribution in [1.82, 2.24) is 10.2 Å². The Morgan fingerprint density at radius 2 is 1.88 bits per heavy atom. The number of aromatic hydroxyl groups is 1. The molecule has 3 N–H and O–H groups in total. The number of likely N-dealkylation sites (tertiary alicyclic amines) is 1. The van der Waals surface area contributed by atoms with Crippen LogP contribution < -0.4 is 10.6 Å². The number of nitrogens with zero attached hydrogens (tertiary/aromatic N) is 1. The predicted molar refractivity (Wildman–Crippen MR) is 95.0 cm³/mol. The zero-order chi connectivity index (χ0) is 17.0. The number of anilines is 1. The molecule has 1 atom stereocenters. The number of hydrogen-bond acceptors (Lipinski definition) is 3. The molecule has 0 bridgehead atoms. The highest BCUT2D eigenvalue weighted by molar-refractivity contribution is 5.89. The molecule has 2 aromatic rings. The van der Waals surface area contributed by atoms with E-state index in [1.54, 1.807) is 24.3 Å². The van der Waals surface area contributed by atoms with Crippen molar-refractivity contribution in [3.8, 4) is 5.75 Å². The summed E-state index contributed by atoms with van der Waals surface area (Å²) in [6.45, 7) is 4.77. The number of urea groups is 1. The third-order valence-electron chi connectivity index (χ3n) is 4.34. The second-order valence-electron chi connectivity index (χ2n) is 6.63. The van der Waals surface area contributed by atoms with Crippen molar-refractivity contribution in [3.05, 3.63) is 60.2 Å². The van der Waals surface area contributed by atoms with Crippen molar-refractivity contribution < 1.29 is 9.90 Å². The summed E-state index contributed by atoms with van der Waals surface area (Å²) in [5.74, 6) is 0.181. The van der Waals surface area contributed by atoms with E-state index in [4.69, 9.17) is 0 Å². The Labute approximate surface area is 142 Å². The van der Waals surface area contributed by atoms with E-state index in [9.17, 15) is 9.90 Å². The Bertz CT molecular complexity index is 688. The largest absolute Gasteiger partial charge is 0.508 e. The Morgan fingerprint density at radius 3 is 2.58 bits per heavy atom. The summed E-state index contributed by atoms with van der Waals surface area (Å²) in [6, 6.07) is 16.6. The van der Waals surface area contributed by atoms with Crippen LogP contribution in [0.25, 0.3) is 0 Å². The summed E-state index contributed by atoms with van der Waals surface area (Å²) in [5, 5.41) is 15.2. The van der Waals surface area contributed by atoms with Crippen molar-refractivity contribution in [1.29, 1.82) is 0 Å². The minimum absolute atomic E-state index is 0.181. The summed E-state index contributed by atoms with van der Waals surface area (Å²) < 4.78 is 0. The molecule has 3 rings (SSSR count). The first-order chi connectivity index (χ1) is 11.5. The number of rotatable bonds is 4. The SMILES string of the molecule is CC1(NC(=O)Nc2ccc(O)cc2)CCN(Cc2ccccc2)C1. The first kappa shape index (κ1) is 16.3. The number of benzene rings is 2. The number of nitrogens with one attached hydrogen (secondary N) is 2. The molecule has 126 valence electrons. The fraction of sp³-hybridized carbons (Fsp3) is 0.316. The maximum atomic E-state index is 12.2. The van der Waals surface area contributed by atoms with Crippen LogP contribution in [0.1, 0.15) is 18.9 Å². The van der Waals surface area contributed by atoms with Crippen LogP contribution in [-0.2, 0) is 6.54 Å². The molecule has 1 saturated heterocycles. The molecule has 1 heterocycles. The number of carbonyl (C=O) groups excluding carboxylic acids is 1. The van der Waals surface area contributed by atoms with Crippen molar-refractivity contribution in [2.24, 2.45) is 0 Å². The average molecular weight is 325 g/mol. The van der Waals surface area contributed by atoms with Gasteiger partial charge in [0.15, 0.2) is 0 Å². The monoisotopic (exact) mass is 325 g/mol. The maximum absolute atomic E-state index is 12.2. The first-order valence-electron chi connectivity index (χ1n) is 8.17. The zero-order valence-corrected chi connectivity index (χ0v) is 13.8. The van der Waals surface area contributed by atoms with E-state index in [1.165, 1.54) is 5.56 Å². The van der Waals surface area contributed by atoms with Crippen LogP contribution in [0, 0.1) is 0 Å². The van der Waals surface area contributed by atoms with Gasteiger partial charge in [0, 0.05) is 25.3 Å². The Hall–Kier alpha value is -2.53. The molecule has 0 spiro atoms. The van der Waals surface area contributed by atoms with Gasteiger partial charge in [0.05, 0.1) is 5.54 Å². The molecule has 2 aromatic carbocycles. The number of phenols is 1. The van der Waals surface area contributed by atoms with E-state index in [0.29, 0.717) is 5.69 Å². The van der Waals surface area contributed by atoms with Crippen LogP contribution in [0.15, 0.2) is 54.6 Å². The molecule has 24 heavy (non-hydrogen) atoms. The average Bonchev–Trinajstić information content (AvgIpc) is 2.91. The highest BCUT2D eigenvalue weighted by Gasteiger charge is 2.34. The van der Waals surface area contributed by atoms with Gasteiger partial charge in [0.25, 0.3) is 0 Å². The molecule has 0 saturated carbocycles. The topological polar surface area (TPSA) is 64.6 Å². The van der Waals surface area contributed by atoms with Crippen molar-refractivity contribution in [3.63, 3.8) is 0 Å². The van der Waals surface area contributed by atoms with Crippen molar-refractivity contribution in [2.75, 3.05) is 18.4 Å². The third kappa shape index (κ3) is 4.26. The van der Waals surface area contributed by atoms with E-state index < -0.39 is 0 Å². The van der Waals surface area contributed by atoms with Gasteiger partial charge in [0.1, 0.15) is 5.75 Å². The van der Waals surface area contributed by atoms with Gasteiger partial charge >= 0.3 is 6.03 Å². The van der Waals surface area contributed by atoms with Crippen molar-refractivity contribution in [2.45, 2.75) is 25.4 Å². The lowest BCUT2D eigenvalue weighted by Gasteiger charge is -2.26. The zero-order valence-electron chi connectivity index (χ0n) is 13.8. The van der Waals surface area contributed by atoms with E-state index in [2.05, 4.69) is 34.6 Å². The van der Waals surface area contributed by atoms with Crippen LogP contribution in [0.2, 0.25) is 0 Å². The second kappa shape index (κ2) is 6.93. The van der Waals surface area contributed by atoms with Crippen LogP contribution in [0.3, 0.4) is 0 Å². The minimum Gasteiger partial charge on any atom is -0.508 e. The van der Waals surface area contributed by atoms with E-state index in [0.717, 1.165) is 26.1 Å². The van der Waals surface area contributed by atoms with Gasteiger partial charge in [-0.15, -0.1) is 0 Å². The highest BCUT2D eigenvalue weighted by atomic mass is 16.3. The molecular formula is C19H23N3O2. The second-order valence-corrected chi connectivity index (χ2v) is 6.63. The fourth-order valence-corrected chi connectivity index (χ4v) is 3.12. The van der Waals surface area contributed by atoms with E-state index in [1.807, 2.05) is 18.2 Å². The molecule has 1 fully saturated rings. The standard InChI is InChI=1S/C19H23N3O2/c1-19(21-18(24)20-16-7-9-17(23)10-8-16)11-12-22(14-19)13-15-5-3-2-4-6-15/h2-10,23H,11-14H2,1H3,(H2,20,21,24). The third-order valence-corrected chi connectivity index (χ3v) is 4.34. The Kier molecular flexibility index (Phi) is 4.71. The quantitative estimate of drug-likeness (QED) is 0.757. The number of amides is 2. The van der Waals surface area contributed by atoms with E-state index >= 15 is 0 Å². The summed E-state index contributed by atoms with van der Waals surface area (Å²) in [4.78, 5) is 14.6. The minimum atomic E-state index is -0.240. The summed E-state index contributed by atoms with van der Waals surface area (Å²) in [6.07, 6.45) is 0.919. The molecule has 0 radical (unpaired) electrons. The van der Waals surface area contributed by atoms with Gasteiger partial charge in [-0.1, -0.05) is 30.3 Å². The normalized spacial score (nSPS) is 20.7. The summed E-state index contributed by atoms with van der Waals surface area (Å²) in [7, 11) is 0. The summed E-state index contributed by atoms with van der Waals surface area (Å²) in [5.41, 5.74) is 1.71. The van der Waals surface area contributed by atoms with Crippen LogP contribution >= 0.6 is 0 Å². The molecule has 5 nitrogen and oxygen atoms in total.